The predicted molar refractivity (Wildman–Crippen MR) is 82.9 cm³/mol. The Labute approximate surface area is 124 Å². The Balaban J connectivity index is 2.42. The van der Waals surface area contributed by atoms with Crippen LogP contribution in [0.2, 0.25) is 5.02 Å². The fraction of sp³-hybridized carbons (Fsp3) is 0.0714. The van der Waals surface area contributed by atoms with Crippen LogP contribution in [0.3, 0.4) is 0 Å². The van der Waals surface area contributed by atoms with E-state index in [9.17, 15) is 0 Å². The molecular weight excluding hydrogens is 326 g/mol. The van der Waals surface area contributed by atoms with Crippen molar-refractivity contribution in [2.24, 2.45) is 0 Å². The zero-order valence-corrected chi connectivity index (χ0v) is 12.5. The smallest absolute Gasteiger partial charge is 0.205 e. The van der Waals surface area contributed by atoms with Crippen molar-refractivity contribution in [1.29, 1.82) is 0 Å². The number of rotatable bonds is 1. The average Bonchev–Trinajstić information content (AvgIpc) is 2.70. The van der Waals surface area contributed by atoms with Gasteiger partial charge < -0.3 is 5.73 Å². The number of nitrogens with two attached hydrogens (primary N) is 1. The van der Waals surface area contributed by atoms with Crippen LogP contribution >= 0.6 is 27.5 Å². The Morgan fingerprint density at radius 2 is 2.05 bits per heavy atom. The van der Waals surface area contributed by atoms with E-state index in [-0.39, 0.29) is 0 Å². The molecule has 0 saturated heterocycles. The summed E-state index contributed by atoms with van der Waals surface area (Å²) in [6.45, 7) is 2.03. The molecule has 0 atom stereocenters. The van der Waals surface area contributed by atoms with Crippen LogP contribution in [-0.4, -0.2) is 9.55 Å². The Hall–Kier alpha value is -1.52. The number of hydrogen-bond donors (Lipinski definition) is 1. The van der Waals surface area contributed by atoms with Gasteiger partial charge in [0.2, 0.25) is 5.95 Å². The standard InChI is InChI=1S/C14H11BrClN3/c1-8-3-2-4-11-13(8)19(14(17)18-11)12-7-9(15)5-6-10(12)16/h2-7H,1H3,(H2,17,18). The zero-order valence-electron chi connectivity index (χ0n) is 10.2. The first-order chi connectivity index (χ1) is 9.08. The Kier molecular flexibility index (Phi) is 2.99. The lowest BCUT2D eigenvalue weighted by atomic mass is 10.2. The van der Waals surface area contributed by atoms with Gasteiger partial charge in [0.1, 0.15) is 0 Å². The Morgan fingerprint density at radius 3 is 2.84 bits per heavy atom. The second kappa shape index (κ2) is 4.54. The summed E-state index contributed by atoms with van der Waals surface area (Å²) in [6.07, 6.45) is 0. The predicted octanol–water partition coefficient (Wildman–Crippen LogP) is 4.33. The molecule has 0 aliphatic carbocycles. The van der Waals surface area contributed by atoms with E-state index in [0.29, 0.717) is 11.0 Å². The van der Waals surface area contributed by atoms with Crippen LogP contribution in [0, 0.1) is 6.92 Å². The van der Waals surface area contributed by atoms with Crippen LogP contribution in [0.1, 0.15) is 5.56 Å². The molecule has 0 fully saturated rings. The van der Waals surface area contributed by atoms with Gasteiger partial charge in [-0.2, -0.15) is 0 Å². The molecule has 96 valence electrons. The molecule has 0 radical (unpaired) electrons. The lowest BCUT2D eigenvalue weighted by Gasteiger charge is -2.10. The zero-order chi connectivity index (χ0) is 13.6. The Bertz CT molecular complexity index is 780. The molecule has 2 aromatic carbocycles. The molecule has 5 heteroatoms. The maximum atomic E-state index is 6.29. The van der Waals surface area contributed by atoms with Crippen LogP contribution in [0.4, 0.5) is 5.95 Å². The number of benzene rings is 2. The molecule has 0 spiro atoms. The van der Waals surface area contributed by atoms with E-state index in [4.69, 9.17) is 17.3 Å². The van der Waals surface area contributed by atoms with Gasteiger partial charge in [-0.1, -0.05) is 39.7 Å². The van der Waals surface area contributed by atoms with Gasteiger partial charge in [0.05, 0.1) is 21.7 Å². The van der Waals surface area contributed by atoms with Crippen molar-refractivity contribution in [2.45, 2.75) is 6.92 Å². The van der Waals surface area contributed by atoms with Gasteiger partial charge in [-0.05, 0) is 36.8 Å². The van der Waals surface area contributed by atoms with Crippen molar-refractivity contribution in [3.05, 3.63) is 51.5 Å². The Morgan fingerprint density at radius 1 is 1.26 bits per heavy atom. The number of anilines is 1. The minimum absolute atomic E-state index is 0.435. The van der Waals surface area contributed by atoms with Gasteiger partial charge in [0, 0.05) is 4.47 Å². The lowest BCUT2D eigenvalue weighted by Crippen LogP contribution is -2.02. The maximum Gasteiger partial charge on any atom is 0.205 e. The molecular formula is C14H11BrClN3. The van der Waals surface area contributed by atoms with E-state index in [1.807, 2.05) is 47.9 Å². The summed E-state index contributed by atoms with van der Waals surface area (Å²) in [5, 5.41) is 0.637. The topological polar surface area (TPSA) is 43.8 Å². The summed E-state index contributed by atoms with van der Waals surface area (Å²) >= 11 is 9.74. The van der Waals surface area contributed by atoms with E-state index in [0.717, 1.165) is 26.8 Å². The highest BCUT2D eigenvalue weighted by atomic mass is 79.9. The molecule has 0 aliphatic heterocycles. The molecule has 0 amide bonds. The minimum atomic E-state index is 0.435. The number of hydrogen-bond acceptors (Lipinski definition) is 2. The van der Waals surface area contributed by atoms with Crippen molar-refractivity contribution >= 4 is 44.5 Å². The first-order valence-electron chi connectivity index (χ1n) is 5.77. The fourth-order valence-corrected chi connectivity index (χ4v) is 2.76. The molecule has 2 N–H and O–H groups in total. The van der Waals surface area contributed by atoms with E-state index in [1.165, 1.54) is 0 Å². The maximum absolute atomic E-state index is 6.29. The number of nitrogens with zero attached hydrogens (tertiary/aromatic N) is 2. The van der Waals surface area contributed by atoms with E-state index in [2.05, 4.69) is 20.9 Å². The molecule has 3 aromatic rings. The third-order valence-corrected chi connectivity index (χ3v) is 3.87. The third-order valence-electron chi connectivity index (χ3n) is 3.05. The first kappa shape index (κ1) is 12.5. The van der Waals surface area contributed by atoms with Crippen LogP contribution in [0.5, 0.6) is 0 Å². The number of halogens is 2. The van der Waals surface area contributed by atoms with Crippen LogP contribution in [0.25, 0.3) is 16.7 Å². The lowest BCUT2D eigenvalue weighted by molar-refractivity contribution is 1.10. The molecule has 3 nitrogen and oxygen atoms in total. The summed E-state index contributed by atoms with van der Waals surface area (Å²) in [7, 11) is 0. The van der Waals surface area contributed by atoms with Gasteiger partial charge in [0.25, 0.3) is 0 Å². The SMILES string of the molecule is Cc1cccc2nc(N)n(-c3cc(Br)ccc3Cl)c12. The monoisotopic (exact) mass is 335 g/mol. The number of aryl methyl sites for hydroxylation is 1. The van der Waals surface area contributed by atoms with E-state index < -0.39 is 0 Å². The van der Waals surface area contributed by atoms with Crippen LogP contribution in [0.15, 0.2) is 40.9 Å². The second-order valence-electron chi connectivity index (χ2n) is 4.34. The third kappa shape index (κ3) is 2.01. The summed E-state index contributed by atoms with van der Waals surface area (Å²) in [5.41, 5.74) is 9.84. The molecule has 19 heavy (non-hydrogen) atoms. The number of fused-ring (bicyclic) bond motifs is 1. The van der Waals surface area contributed by atoms with Crippen LogP contribution in [-0.2, 0) is 0 Å². The minimum Gasteiger partial charge on any atom is -0.369 e. The van der Waals surface area contributed by atoms with Crippen molar-refractivity contribution in [1.82, 2.24) is 9.55 Å². The highest BCUT2D eigenvalue weighted by Crippen LogP contribution is 2.31. The molecule has 1 heterocycles. The van der Waals surface area contributed by atoms with Gasteiger partial charge in [0.15, 0.2) is 0 Å². The molecule has 0 unspecified atom stereocenters. The second-order valence-corrected chi connectivity index (χ2v) is 5.67. The average molecular weight is 337 g/mol. The van der Waals surface area contributed by atoms with E-state index in [1.54, 1.807) is 0 Å². The molecule has 0 saturated carbocycles. The molecule has 0 aliphatic rings. The molecule has 3 rings (SSSR count). The fourth-order valence-electron chi connectivity index (χ4n) is 2.21. The van der Waals surface area contributed by atoms with Crippen molar-refractivity contribution < 1.29 is 0 Å². The summed E-state index contributed by atoms with van der Waals surface area (Å²) in [6, 6.07) is 11.6. The van der Waals surface area contributed by atoms with Gasteiger partial charge >= 0.3 is 0 Å². The number of para-hydroxylation sites is 1. The normalized spacial score (nSPS) is 11.1. The van der Waals surface area contributed by atoms with Crippen molar-refractivity contribution in [2.75, 3.05) is 5.73 Å². The van der Waals surface area contributed by atoms with Crippen molar-refractivity contribution in [3.8, 4) is 5.69 Å². The van der Waals surface area contributed by atoms with Gasteiger partial charge in [-0.15, -0.1) is 0 Å². The highest BCUT2D eigenvalue weighted by molar-refractivity contribution is 9.10. The van der Waals surface area contributed by atoms with Gasteiger partial charge in [-0.3, -0.25) is 4.57 Å². The summed E-state index contributed by atoms with van der Waals surface area (Å²) in [5.74, 6) is 0.435. The summed E-state index contributed by atoms with van der Waals surface area (Å²) < 4.78 is 2.83. The largest absolute Gasteiger partial charge is 0.369 e. The van der Waals surface area contributed by atoms with Crippen LogP contribution < -0.4 is 5.73 Å². The number of imidazole rings is 1. The molecule has 0 bridgehead atoms. The van der Waals surface area contributed by atoms with Gasteiger partial charge in [-0.25, -0.2) is 4.98 Å². The number of nitrogen functional groups attached to an aromatic ring is 1. The quantitative estimate of drug-likeness (QED) is 0.718. The van der Waals surface area contributed by atoms with E-state index >= 15 is 0 Å². The number of aromatic nitrogens is 2. The highest BCUT2D eigenvalue weighted by Gasteiger charge is 2.14. The van der Waals surface area contributed by atoms with Crippen molar-refractivity contribution in [3.63, 3.8) is 0 Å². The summed E-state index contributed by atoms with van der Waals surface area (Å²) in [4.78, 5) is 4.39. The molecule has 1 aromatic heterocycles. The first-order valence-corrected chi connectivity index (χ1v) is 6.94.